The molecular formula is C21H27F2N5O. The number of carbonyl (C=O) groups is 1. The fourth-order valence-electron chi connectivity index (χ4n) is 4.61. The van der Waals surface area contributed by atoms with Crippen molar-refractivity contribution in [2.45, 2.75) is 38.8 Å². The zero-order valence-electron chi connectivity index (χ0n) is 16.5. The third-order valence-electron chi connectivity index (χ3n) is 6.32. The summed E-state index contributed by atoms with van der Waals surface area (Å²) in [6.45, 7) is 4.45. The molecule has 0 aliphatic carbocycles. The number of halogens is 2. The monoisotopic (exact) mass is 403 g/mol. The van der Waals surface area contributed by atoms with Gasteiger partial charge in [-0.05, 0) is 50.3 Å². The number of likely N-dealkylation sites (tertiary alicyclic amines) is 2. The standard InChI is InChI=1S/C21H27F2N5O/c22-19-3-1-2-18(21(19)23)12-26-8-4-16(5-9-26)17-6-10-27(13-17)20(29)7-11-28-15-24-14-25-28/h1-3,14-17H,4-13H2/t17-/m1/s1. The molecule has 6 nitrogen and oxygen atoms in total. The zero-order valence-corrected chi connectivity index (χ0v) is 16.5. The van der Waals surface area contributed by atoms with Gasteiger partial charge in [0.25, 0.3) is 0 Å². The van der Waals surface area contributed by atoms with E-state index in [4.69, 9.17) is 0 Å². The Labute approximate surface area is 169 Å². The highest BCUT2D eigenvalue weighted by molar-refractivity contribution is 5.76. The number of amides is 1. The minimum atomic E-state index is -0.781. The van der Waals surface area contributed by atoms with Gasteiger partial charge in [0.15, 0.2) is 11.6 Å². The van der Waals surface area contributed by atoms with Crippen LogP contribution in [-0.2, 0) is 17.9 Å². The fourth-order valence-corrected chi connectivity index (χ4v) is 4.61. The molecule has 2 fully saturated rings. The first-order valence-electron chi connectivity index (χ1n) is 10.4. The first-order chi connectivity index (χ1) is 14.1. The predicted molar refractivity (Wildman–Crippen MR) is 104 cm³/mol. The molecule has 1 amide bonds. The summed E-state index contributed by atoms with van der Waals surface area (Å²) in [5.74, 6) is -0.195. The molecule has 0 saturated carbocycles. The first-order valence-corrected chi connectivity index (χ1v) is 10.4. The summed E-state index contributed by atoms with van der Waals surface area (Å²) in [5.41, 5.74) is 0.425. The second kappa shape index (κ2) is 8.98. The van der Waals surface area contributed by atoms with Gasteiger partial charge in [-0.15, -0.1) is 0 Å². The van der Waals surface area contributed by atoms with Crippen LogP contribution in [0.25, 0.3) is 0 Å². The molecule has 156 valence electrons. The quantitative estimate of drug-likeness (QED) is 0.744. The van der Waals surface area contributed by atoms with Crippen molar-refractivity contribution < 1.29 is 13.6 Å². The molecule has 0 unspecified atom stereocenters. The molecule has 3 heterocycles. The van der Waals surface area contributed by atoms with Gasteiger partial charge in [0.2, 0.25) is 5.91 Å². The van der Waals surface area contributed by atoms with Crippen LogP contribution in [0.2, 0.25) is 0 Å². The summed E-state index contributed by atoms with van der Waals surface area (Å²) < 4.78 is 29.0. The average molecular weight is 403 g/mol. The van der Waals surface area contributed by atoms with Gasteiger partial charge in [0, 0.05) is 31.6 Å². The lowest BCUT2D eigenvalue weighted by molar-refractivity contribution is -0.130. The maximum Gasteiger partial charge on any atom is 0.224 e. The molecule has 2 aromatic rings. The van der Waals surface area contributed by atoms with Crippen molar-refractivity contribution in [3.05, 3.63) is 48.1 Å². The number of hydrogen-bond acceptors (Lipinski definition) is 4. The summed E-state index contributed by atoms with van der Waals surface area (Å²) in [6.07, 6.45) is 6.70. The van der Waals surface area contributed by atoms with E-state index >= 15 is 0 Å². The van der Waals surface area contributed by atoms with Gasteiger partial charge in [-0.1, -0.05) is 12.1 Å². The number of aryl methyl sites for hydroxylation is 1. The van der Waals surface area contributed by atoms with Crippen LogP contribution in [0.5, 0.6) is 0 Å². The molecule has 8 heteroatoms. The van der Waals surface area contributed by atoms with Crippen LogP contribution in [0.1, 0.15) is 31.2 Å². The molecule has 0 radical (unpaired) electrons. The van der Waals surface area contributed by atoms with Crippen molar-refractivity contribution in [3.8, 4) is 0 Å². The number of hydrogen-bond donors (Lipinski definition) is 0. The molecule has 0 spiro atoms. The van der Waals surface area contributed by atoms with E-state index in [9.17, 15) is 13.6 Å². The molecular weight excluding hydrogens is 376 g/mol. The van der Waals surface area contributed by atoms with Crippen LogP contribution in [-0.4, -0.2) is 56.7 Å². The maximum absolute atomic E-state index is 13.9. The lowest BCUT2D eigenvalue weighted by atomic mass is 9.83. The van der Waals surface area contributed by atoms with Crippen molar-refractivity contribution in [1.82, 2.24) is 24.6 Å². The topological polar surface area (TPSA) is 54.3 Å². The van der Waals surface area contributed by atoms with E-state index in [1.54, 1.807) is 23.1 Å². The maximum atomic E-state index is 13.9. The first kappa shape index (κ1) is 19.9. The second-order valence-electron chi connectivity index (χ2n) is 8.12. The summed E-state index contributed by atoms with van der Waals surface area (Å²) >= 11 is 0. The molecule has 0 bridgehead atoms. The van der Waals surface area contributed by atoms with E-state index < -0.39 is 11.6 Å². The highest BCUT2D eigenvalue weighted by Gasteiger charge is 2.33. The second-order valence-corrected chi connectivity index (χ2v) is 8.12. The number of benzene rings is 1. The van der Waals surface area contributed by atoms with Gasteiger partial charge in [-0.25, -0.2) is 13.8 Å². The average Bonchev–Trinajstić information content (AvgIpc) is 3.42. The third-order valence-corrected chi connectivity index (χ3v) is 6.32. The molecule has 2 aliphatic rings. The van der Waals surface area contributed by atoms with Crippen molar-refractivity contribution in [2.75, 3.05) is 26.2 Å². The highest BCUT2D eigenvalue weighted by Crippen LogP contribution is 2.32. The minimum absolute atomic E-state index is 0.182. The number of carbonyl (C=O) groups excluding carboxylic acids is 1. The Bertz CT molecular complexity index is 820. The van der Waals surface area contributed by atoms with E-state index in [1.165, 1.54) is 6.33 Å². The SMILES string of the molecule is O=C(CCn1cncn1)N1CC[C@@H](C2CCN(Cc3cccc(F)c3F)CC2)C1. The van der Waals surface area contributed by atoms with E-state index in [0.717, 1.165) is 51.5 Å². The highest BCUT2D eigenvalue weighted by atomic mass is 19.2. The number of nitrogens with zero attached hydrogens (tertiary/aromatic N) is 5. The van der Waals surface area contributed by atoms with Crippen LogP contribution >= 0.6 is 0 Å². The van der Waals surface area contributed by atoms with Crippen LogP contribution in [0.4, 0.5) is 8.78 Å². The predicted octanol–water partition coefficient (Wildman–Crippen LogP) is 2.71. The molecule has 0 N–H and O–H groups in total. The smallest absolute Gasteiger partial charge is 0.224 e. The Morgan fingerprint density at radius 2 is 1.90 bits per heavy atom. The van der Waals surface area contributed by atoms with Crippen LogP contribution in [0.3, 0.4) is 0 Å². The molecule has 2 aliphatic heterocycles. The van der Waals surface area contributed by atoms with Gasteiger partial charge >= 0.3 is 0 Å². The van der Waals surface area contributed by atoms with Crippen LogP contribution in [0.15, 0.2) is 30.9 Å². The Balaban J connectivity index is 1.22. The molecule has 4 rings (SSSR count). The van der Waals surface area contributed by atoms with Crippen molar-refractivity contribution in [2.24, 2.45) is 11.8 Å². The Kier molecular flexibility index (Phi) is 6.18. The van der Waals surface area contributed by atoms with Gasteiger partial charge in [-0.3, -0.25) is 14.4 Å². The minimum Gasteiger partial charge on any atom is -0.342 e. The van der Waals surface area contributed by atoms with Crippen molar-refractivity contribution >= 4 is 5.91 Å². The summed E-state index contributed by atoms with van der Waals surface area (Å²) in [4.78, 5) is 20.6. The van der Waals surface area contributed by atoms with Crippen LogP contribution in [0, 0.1) is 23.5 Å². The van der Waals surface area contributed by atoms with Crippen LogP contribution < -0.4 is 0 Å². The van der Waals surface area contributed by atoms with Gasteiger partial charge < -0.3 is 4.90 Å². The molecule has 1 aromatic heterocycles. The third kappa shape index (κ3) is 4.80. The number of piperidine rings is 1. The molecule has 29 heavy (non-hydrogen) atoms. The Hall–Kier alpha value is -2.35. The molecule has 1 atom stereocenters. The number of aromatic nitrogens is 3. The van der Waals surface area contributed by atoms with Gasteiger partial charge in [0.05, 0.1) is 6.54 Å². The molecule has 2 saturated heterocycles. The van der Waals surface area contributed by atoms with Gasteiger partial charge in [-0.2, -0.15) is 5.10 Å². The normalized spacial score (nSPS) is 21.0. The summed E-state index contributed by atoms with van der Waals surface area (Å²) in [7, 11) is 0. The van der Waals surface area contributed by atoms with E-state index in [2.05, 4.69) is 15.0 Å². The van der Waals surface area contributed by atoms with E-state index in [0.29, 0.717) is 36.9 Å². The van der Waals surface area contributed by atoms with Gasteiger partial charge in [0.1, 0.15) is 12.7 Å². The largest absolute Gasteiger partial charge is 0.342 e. The lowest BCUT2D eigenvalue weighted by Crippen LogP contribution is -2.37. The summed E-state index contributed by atoms with van der Waals surface area (Å²) in [6, 6.07) is 4.38. The molecule has 1 aromatic carbocycles. The van der Waals surface area contributed by atoms with E-state index in [-0.39, 0.29) is 5.91 Å². The van der Waals surface area contributed by atoms with Crippen molar-refractivity contribution in [1.29, 1.82) is 0 Å². The summed E-state index contributed by atoms with van der Waals surface area (Å²) in [5, 5.41) is 4.04. The zero-order chi connectivity index (χ0) is 20.2. The Morgan fingerprint density at radius 3 is 2.66 bits per heavy atom. The van der Waals surface area contributed by atoms with Crippen molar-refractivity contribution in [3.63, 3.8) is 0 Å². The lowest BCUT2D eigenvalue weighted by Gasteiger charge is -2.35. The fraction of sp³-hybridized carbons (Fsp3) is 0.571. The Morgan fingerprint density at radius 1 is 1.10 bits per heavy atom. The number of rotatable bonds is 6. The van der Waals surface area contributed by atoms with E-state index in [1.807, 2.05) is 4.90 Å².